The quantitative estimate of drug-likeness (QED) is 0.358. The predicted molar refractivity (Wildman–Crippen MR) is 97.3 cm³/mol. The average molecular weight is 333 g/mol. The fourth-order valence-electron chi connectivity index (χ4n) is 2.30. The van der Waals surface area contributed by atoms with E-state index >= 15 is 0 Å². The van der Waals surface area contributed by atoms with E-state index < -0.39 is 0 Å². The Kier molecular flexibility index (Phi) is 18.6. The van der Waals surface area contributed by atoms with E-state index in [9.17, 15) is 4.79 Å². The molecule has 0 aliphatic heterocycles. The molecule has 0 bridgehead atoms. The zero-order valence-electron chi connectivity index (χ0n) is 14.2. The monoisotopic (exact) mass is 332 g/mol. The van der Waals surface area contributed by atoms with Gasteiger partial charge in [0.15, 0.2) is 0 Å². The Balaban J connectivity index is 3.08. The highest BCUT2D eigenvalue weighted by Crippen LogP contribution is 2.11. The van der Waals surface area contributed by atoms with Gasteiger partial charge in [-0.2, -0.15) is 11.8 Å². The molecule has 0 unspecified atom stereocenters. The first-order chi connectivity index (χ1) is 10.8. The fourth-order valence-corrected chi connectivity index (χ4v) is 3.04. The van der Waals surface area contributed by atoms with Crippen molar-refractivity contribution in [3.63, 3.8) is 0 Å². The van der Waals surface area contributed by atoms with E-state index in [-0.39, 0.29) is 5.91 Å². The molecule has 4 nitrogen and oxygen atoms in total. The second-order valence-electron chi connectivity index (χ2n) is 5.76. The van der Waals surface area contributed by atoms with Crippen LogP contribution in [0.4, 0.5) is 0 Å². The van der Waals surface area contributed by atoms with Crippen LogP contribution in [0.2, 0.25) is 0 Å². The molecular formula is C17H36N2O2S. The molecule has 132 valence electrons. The molecule has 0 aliphatic carbocycles. The van der Waals surface area contributed by atoms with Crippen LogP contribution in [0.15, 0.2) is 0 Å². The number of nitrogens with one attached hydrogen (secondary N) is 1. The summed E-state index contributed by atoms with van der Waals surface area (Å²) in [5.74, 6) is 2.25. The highest BCUT2D eigenvalue weighted by molar-refractivity contribution is 7.99. The van der Waals surface area contributed by atoms with Gasteiger partial charge in [-0.05, 0) is 38.0 Å². The van der Waals surface area contributed by atoms with Crippen molar-refractivity contribution >= 4 is 17.7 Å². The van der Waals surface area contributed by atoms with E-state index in [1.165, 1.54) is 50.7 Å². The minimum Gasteiger partial charge on any atom is -0.396 e. The van der Waals surface area contributed by atoms with Crippen LogP contribution in [0.3, 0.4) is 0 Å². The number of aliphatic hydroxyl groups is 1. The SMILES string of the molecule is NCCCCNC(=O)CCCCCCCCCCSCCO. The van der Waals surface area contributed by atoms with Gasteiger partial charge in [-0.1, -0.05) is 38.5 Å². The van der Waals surface area contributed by atoms with E-state index in [0.29, 0.717) is 19.6 Å². The summed E-state index contributed by atoms with van der Waals surface area (Å²) < 4.78 is 0. The lowest BCUT2D eigenvalue weighted by atomic mass is 10.1. The Hall–Kier alpha value is -0.260. The summed E-state index contributed by atoms with van der Waals surface area (Å²) in [5.41, 5.74) is 5.41. The molecule has 0 rings (SSSR count). The third kappa shape index (κ3) is 17.8. The normalized spacial score (nSPS) is 10.8. The summed E-state index contributed by atoms with van der Waals surface area (Å²) >= 11 is 1.84. The molecule has 1 amide bonds. The van der Waals surface area contributed by atoms with E-state index in [2.05, 4.69) is 5.32 Å². The van der Waals surface area contributed by atoms with Crippen molar-refractivity contribution in [2.24, 2.45) is 5.73 Å². The third-order valence-electron chi connectivity index (χ3n) is 3.63. The number of unbranched alkanes of at least 4 members (excludes halogenated alkanes) is 8. The smallest absolute Gasteiger partial charge is 0.219 e. The molecule has 0 fully saturated rings. The summed E-state index contributed by atoms with van der Waals surface area (Å²) in [6, 6.07) is 0. The molecule has 0 radical (unpaired) electrons. The number of carbonyl (C=O) groups excluding carboxylic acids is 1. The minimum absolute atomic E-state index is 0.192. The number of aliphatic hydroxyl groups excluding tert-OH is 1. The maximum Gasteiger partial charge on any atom is 0.219 e. The second-order valence-corrected chi connectivity index (χ2v) is 6.98. The average Bonchev–Trinajstić information content (AvgIpc) is 2.52. The summed E-state index contributed by atoms with van der Waals surface area (Å²) in [6.45, 7) is 1.78. The summed E-state index contributed by atoms with van der Waals surface area (Å²) in [7, 11) is 0. The number of nitrogens with two attached hydrogens (primary N) is 1. The van der Waals surface area contributed by atoms with Gasteiger partial charge in [-0.25, -0.2) is 0 Å². The molecule has 0 aliphatic rings. The topological polar surface area (TPSA) is 75.3 Å². The lowest BCUT2D eigenvalue weighted by Crippen LogP contribution is -2.24. The van der Waals surface area contributed by atoms with Crippen LogP contribution >= 0.6 is 11.8 Å². The van der Waals surface area contributed by atoms with Gasteiger partial charge in [0.05, 0.1) is 6.61 Å². The zero-order valence-corrected chi connectivity index (χ0v) is 15.0. The van der Waals surface area contributed by atoms with Crippen LogP contribution in [-0.4, -0.2) is 42.2 Å². The molecule has 0 saturated carbocycles. The van der Waals surface area contributed by atoms with Crippen molar-refractivity contribution in [1.29, 1.82) is 0 Å². The molecule has 4 N–H and O–H groups in total. The first kappa shape index (κ1) is 21.7. The summed E-state index contributed by atoms with van der Waals surface area (Å²) in [4.78, 5) is 11.5. The number of hydrogen-bond donors (Lipinski definition) is 3. The standard InChI is InChI=1S/C17H36N2O2S/c18-12-8-9-13-19-17(21)11-7-5-3-1-2-4-6-10-15-22-16-14-20/h20H,1-16,18H2,(H,19,21). The zero-order chi connectivity index (χ0) is 16.3. The Morgan fingerprint density at radius 3 is 2.14 bits per heavy atom. The van der Waals surface area contributed by atoms with Gasteiger partial charge in [0, 0.05) is 18.7 Å². The predicted octanol–water partition coefficient (Wildman–Crippen LogP) is 3.08. The highest BCUT2D eigenvalue weighted by atomic mass is 32.2. The van der Waals surface area contributed by atoms with E-state index in [1.807, 2.05) is 11.8 Å². The first-order valence-electron chi connectivity index (χ1n) is 8.96. The van der Waals surface area contributed by atoms with Gasteiger partial charge >= 0.3 is 0 Å². The van der Waals surface area contributed by atoms with E-state index in [0.717, 1.165) is 31.6 Å². The van der Waals surface area contributed by atoms with Gasteiger partial charge in [0.1, 0.15) is 0 Å². The van der Waals surface area contributed by atoms with Crippen LogP contribution in [0.25, 0.3) is 0 Å². The summed E-state index contributed by atoms with van der Waals surface area (Å²) in [5, 5.41) is 11.6. The Morgan fingerprint density at radius 1 is 0.864 bits per heavy atom. The van der Waals surface area contributed by atoms with Crippen LogP contribution in [0.5, 0.6) is 0 Å². The van der Waals surface area contributed by atoms with Crippen molar-refractivity contribution in [2.75, 3.05) is 31.2 Å². The van der Waals surface area contributed by atoms with Crippen molar-refractivity contribution in [2.45, 2.75) is 70.6 Å². The summed E-state index contributed by atoms with van der Waals surface area (Å²) in [6.07, 6.45) is 12.6. The molecule has 0 aromatic heterocycles. The van der Waals surface area contributed by atoms with Gasteiger partial charge < -0.3 is 16.2 Å². The van der Waals surface area contributed by atoms with E-state index in [1.54, 1.807) is 0 Å². The molecule has 0 heterocycles. The Morgan fingerprint density at radius 2 is 1.50 bits per heavy atom. The molecule has 0 aromatic rings. The lowest BCUT2D eigenvalue weighted by Gasteiger charge is -2.05. The van der Waals surface area contributed by atoms with Gasteiger partial charge in [0.25, 0.3) is 0 Å². The van der Waals surface area contributed by atoms with Gasteiger partial charge in [-0.15, -0.1) is 0 Å². The molecule has 22 heavy (non-hydrogen) atoms. The molecule has 0 aromatic carbocycles. The van der Waals surface area contributed by atoms with Crippen molar-refractivity contribution in [3.8, 4) is 0 Å². The molecule has 0 spiro atoms. The van der Waals surface area contributed by atoms with E-state index in [4.69, 9.17) is 10.8 Å². The van der Waals surface area contributed by atoms with Crippen molar-refractivity contribution in [3.05, 3.63) is 0 Å². The molecule has 0 saturated heterocycles. The van der Waals surface area contributed by atoms with Crippen molar-refractivity contribution < 1.29 is 9.90 Å². The Labute approximate surface area is 141 Å². The minimum atomic E-state index is 0.192. The molecular weight excluding hydrogens is 296 g/mol. The van der Waals surface area contributed by atoms with Crippen LogP contribution in [0, 0.1) is 0 Å². The first-order valence-corrected chi connectivity index (χ1v) is 10.1. The molecule has 0 atom stereocenters. The molecule has 5 heteroatoms. The number of rotatable bonds is 17. The van der Waals surface area contributed by atoms with Crippen molar-refractivity contribution in [1.82, 2.24) is 5.32 Å². The van der Waals surface area contributed by atoms with Crippen LogP contribution in [0.1, 0.15) is 70.6 Å². The van der Waals surface area contributed by atoms with Crippen LogP contribution < -0.4 is 11.1 Å². The Bertz CT molecular complexity index is 241. The fraction of sp³-hybridized carbons (Fsp3) is 0.941. The van der Waals surface area contributed by atoms with Gasteiger partial charge in [0.2, 0.25) is 5.91 Å². The van der Waals surface area contributed by atoms with Gasteiger partial charge in [-0.3, -0.25) is 4.79 Å². The maximum atomic E-state index is 11.5. The second kappa shape index (κ2) is 18.8. The highest BCUT2D eigenvalue weighted by Gasteiger charge is 2.00. The lowest BCUT2D eigenvalue weighted by molar-refractivity contribution is -0.121. The van der Waals surface area contributed by atoms with Crippen LogP contribution in [-0.2, 0) is 4.79 Å². The number of hydrogen-bond acceptors (Lipinski definition) is 4. The number of thioether (sulfide) groups is 1. The maximum absolute atomic E-state index is 11.5. The number of amides is 1. The largest absolute Gasteiger partial charge is 0.396 e. The third-order valence-corrected chi connectivity index (χ3v) is 4.68. The number of carbonyl (C=O) groups is 1.